The number of sulfone groups is 1. The number of fused-ring (bicyclic) bond motifs is 1. The number of nitrogens with one attached hydrogen (secondary N) is 1. The quantitative estimate of drug-likeness (QED) is 0.568. The highest BCUT2D eigenvalue weighted by molar-refractivity contribution is 7.91. The Morgan fingerprint density at radius 2 is 1.69 bits per heavy atom. The molecule has 2 aromatic carbocycles. The van der Waals surface area contributed by atoms with Crippen LogP contribution in [-0.4, -0.2) is 45.9 Å². The highest BCUT2D eigenvalue weighted by Crippen LogP contribution is 2.28. The molecule has 0 aliphatic heterocycles. The van der Waals surface area contributed by atoms with Crippen molar-refractivity contribution in [2.45, 2.75) is 49.3 Å². The van der Waals surface area contributed by atoms with Crippen molar-refractivity contribution >= 4 is 43.1 Å². The molecule has 10 heteroatoms. The number of aryl methyl sites for hydroxylation is 2. The van der Waals surface area contributed by atoms with Gasteiger partial charge >= 0.3 is 0 Å². The van der Waals surface area contributed by atoms with Crippen LogP contribution >= 0.6 is 11.6 Å². The Morgan fingerprint density at radius 3 is 2.38 bits per heavy atom. The van der Waals surface area contributed by atoms with Gasteiger partial charge in [-0.1, -0.05) is 31.5 Å². The van der Waals surface area contributed by atoms with E-state index in [4.69, 9.17) is 11.6 Å². The third kappa shape index (κ3) is 5.33. The Hall–Kier alpha value is -1.94. The van der Waals surface area contributed by atoms with Gasteiger partial charge in [-0.3, -0.25) is 4.79 Å². The van der Waals surface area contributed by atoms with Gasteiger partial charge in [0, 0.05) is 25.2 Å². The molecule has 32 heavy (non-hydrogen) atoms. The summed E-state index contributed by atoms with van der Waals surface area (Å²) in [6.07, 6.45) is 2.61. The van der Waals surface area contributed by atoms with Crippen LogP contribution in [0.3, 0.4) is 0 Å². The number of hydrogen-bond donors (Lipinski definition) is 1. The second-order valence-electron chi connectivity index (χ2n) is 7.64. The number of anilines is 1. The van der Waals surface area contributed by atoms with Gasteiger partial charge in [-0.25, -0.2) is 16.8 Å². The van der Waals surface area contributed by atoms with E-state index < -0.39 is 25.8 Å². The Bertz CT molecular complexity index is 1220. The van der Waals surface area contributed by atoms with E-state index in [1.165, 1.54) is 28.1 Å². The van der Waals surface area contributed by atoms with Crippen LogP contribution in [0.2, 0.25) is 5.02 Å². The van der Waals surface area contributed by atoms with Gasteiger partial charge in [0.1, 0.15) is 4.90 Å². The summed E-state index contributed by atoms with van der Waals surface area (Å²) >= 11 is 6.11. The molecule has 1 amide bonds. The number of carbonyl (C=O) groups excluding carboxylic acids is 1. The van der Waals surface area contributed by atoms with E-state index in [-0.39, 0.29) is 45.8 Å². The number of nitrogens with zero attached hydrogens (tertiary/aromatic N) is 1. The molecular formula is C22H27ClN2O5S2. The van der Waals surface area contributed by atoms with Crippen molar-refractivity contribution in [3.05, 3.63) is 52.5 Å². The molecule has 0 saturated carbocycles. The standard InChI is InChI=1S/C22H27ClN2O5S2/c1-3-25(4-2)32(29,30)21-15-18(9-11-20(21)23)24-22(26)12-13-31(27,28)19-10-8-16-6-5-7-17(16)14-19/h8-11,14-15H,3-7,12-13H2,1-2H3,(H,24,26). The molecule has 0 radical (unpaired) electrons. The topological polar surface area (TPSA) is 101 Å². The second-order valence-corrected chi connectivity index (χ2v) is 12.1. The molecule has 2 aromatic rings. The van der Waals surface area contributed by atoms with Crippen molar-refractivity contribution < 1.29 is 21.6 Å². The summed E-state index contributed by atoms with van der Waals surface area (Å²) in [7, 11) is -7.42. The number of hydrogen-bond acceptors (Lipinski definition) is 5. The van der Waals surface area contributed by atoms with Crippen molar-refractivity contribution in [2.75, 3.05) is 24.2 Å². The lowest BCUT2D eigenvalue weighted by atomic mass is 10.1. The predicted octanol–water partition coefficient (Wildman–Crippen LogP) is 3.66. The van der Waals surface area contributed by atoms with Gasteiger partial charge < -0.3 is 5.32 Å². The Morgan fingerprint density at radius 1 is 1.00 bits per heavy atom. The van der Waals surface area contributed by atoms with E-state index in [1.807, 2.05) is 6.07 Å². The normalized spacial score (nSPS) is 13.9. The molecule has 0 fully saturated rings. The molecule has 1 aliphatic rings. The molecule has 0 heterocycles. The van der Waals surface area contributed by atoms with Crippen molar-refractivity contribution in [1.82, 2.24) is 4.31 Å². The number of sulfonamides is 1. The molecule has 7 nitrogen and oxygen atoms in total. The average molecular weight is 499 g/mol. The van der Waals surface area contributed by atoms with Crippen molar-refractivity contribution in [1.29, 1.82) is 0 Å². The summed E-state index contributed by atoms with van der Waals surface area (Å²) in [5.41, 5.74) is 2.47. The smallest absolute Gasteiger partial charge is 0.244 e. The lowest BCUT2D eigenvalue weighted by Crippen LogP contribution is -2.31. The molecule has 0 unspecified atom stereocenters. The van der Waals surface area contributed by atoms with Gasteiger partial charge in [0.25, 0.3) is 0 Å². The number of amides is 1. The molecule has 1 aliphatic carbocycles. The molecule has 0 spiro atoms. The fourth-order valence-corrected chi connectivity index (χ4v) is 7.04. The van der Waals surface area contributed by atoms with Crippen LogP contribution in [0, 0.1) is 0 Å². The lowest BCUT2D eigenvalue weighted by Gasteiger charge is -2.19. The first kappa shape index (κ1) is 24.7. The molecule has 3 rings (SSSR count). The summed E-state index contributed by atoms with van der Waals surface area (Å²) in [5.74, 6) is -0.862. The first-order chi connectivity index (χ1) is 15.1. The number of benzene rings is 2. The van der Waals surface area contributed by atoms with Crippen molar-refractivity contribution in [3.8, 4) is 0 Å². The van der Waals surface area contributed by atoms with Gasteiger partial charge in [0.2, 0.25) is 15.9 Å². The van der Waals surface area contributed by atoms with E-state index in [0.29, 0.717) is 0 Å². The largest absolute Gasteiger partial charge is 0.326 e. The Kier molecular flexibility index (Phi) is 7.65. The zero-order valence-corrected chi connectivity index (χ0v) is 20.5. The van der Waals surface area contributed by atoms with Crippen LogP contribution in [0.1, 0.15) is 37.8 Å². The van der Waals surface area contributed by atoms with E-state index in [0.717, 1.165) is 24.8 Å². The lowest BCUT2D eigenvalue weighted by molar-refractivity contribution is -0.115. The monoisotopic (exact) mass is 498 g/mol. The Balaban J connectivity index is 1.70. The third-order valence-corrected chi connectivity index (χ3v) is 9.81. The molecule has 1 N–H and O–H groups in total. The Labute approximate surface area is 194 Å². The highest BCUT2D eigenvalue weighted by atomic mass is 35.5. The van der Waals surface area contributed by atoms with Crippen molar-refractivity contribution in [2.24, 2.45) is 0 Å². The van der Waals surface area contributed by atoms with Crippen LogP contribution in [-0.2, 0) is 37.5 Å². The maximum Gasteiger partial charge on any atom is 0.244 e. The summed E-state index contributed by atoms with van der Waals surface area (Å²) in [6, 6.07) is 9.33. The van der Waals surface area contributed by atoms with Gasteiger partial charge in [0.15, 0.2) is 9.84 Å². The van der Waals surface area contributed by atoms with Gasteiger partial charge in [-0.2, -0.15) is 4.31 Å². The van der Waals surface area contributed by atoms with Crippen LogP contribution in [0.15, 0.2) is 46.2 Å². The fraction of sp³-hybridized carbons (Fsp3) is 0.409. The van der Waals surface area contributed by atoms with E-state index in [9.17, 15) is 21.6 Å². The van der Waals surface area contributed by atoms with E-state index >= 15 is 0 Å². The zero-order chi connectivity index (χ0) is 23.5. The maximum absolute atomic E-state index is 12.8. The molecule has 0 saturated heterocycles. The summed E-state index contributed by atoms with van der Waals surface area (Å²) < 4.78 is 52.2. The molecule has 174 valence electrons. The van der Waals surface area contributed by atoms with Crippen LogP contribution in [0.25, 0.3) is 0 Å². The van der Waals surface area contributed by atoms with E-state index in [2.05, 4.69) is 5.32 Å². The van der Waals surface area contributed by atoms with Gasteiger partial charge in [0.05, 0.1) is 15.7 Å². The SMILES string of the molecule is CCN(CC)S(=O)(=O)c1cc(NC(=O)CCS(=O)(=O)c2ccc3c(c2)CCC3)ccc1Cl. The molecule has 0 aromatic heterocycles. The fourth-order valence-electron chi connectivity index (χ4n) is 3.79. The van der Waals surface area contributed by atoms with Gasteiger partial charge in [-0.15, -0.1) is 0 Å². The summed E-state index contributed by atoms with van der Waals surface area (Å²) in [5, 5.41) is 2.63. The van der Waals surface area contributed by atoms with Crippen LogP contribution < -0.4 is 5.32 Å². The van der Waals surface area contributed by atoms with Crippen LogP contribution in [0.4, 0.5) is 5.69 Å². The average Bonchev–Trinajstić information content (AvgIpc) is 3.22. The van der Waals surface area contributed by atoms with Crippen molar-refractivity contribution in [3.63, 3.8) is 0 Å². The van der Waals surface area contributed by atoms with Crippen LogP contribution in [0.5, 0.6) is 0 Å². The third-order valence-electron chi connectivity index (χ3n) is 5.57. The number of rotatable bonds is 9. The minimum Gasteiger partial charge on any atom is -0.326 e. The molecular weight excluding hydrogens is 472 g/mol. The van der Waals surface area contributed by atoms with E-state index in [1.54, 1.807) is 26.0 Å². The zero-order valence-electron chi connectivity index (χ0n) is 18.1. The number of carbonyl (C=O) groups is 1. The molecule has 0 atom stereocenters. The minimum atomic E-state index is -3.81. The maximum atomic E-state index is 12.8. The number of halogens is 1. The highest BCUT2D eigenvalue weighted by Gasteiger charge is 2.25. The minimum absolute atomic E-state index is 0.0501. The molecule has 0 bridgehead atoms. The van der Waals surface area contributed by atoms with Gasteiger partial charge in [-0.05, 0) is 60.7 Å². The first-order valence-corrected chi connectivity index (χ1v) is 14.0. The predicted molar refractivity (Wildman–Crippen MR) is 125 cm³/mol. The first-order valence-electron chi connectivity index (χ1n) is 10.5. The second kappa shape index (κ2) is 9.91. The summed E-state index contributed by atoms with van der Waals surface area (Å²) in [6.45, 7) is 4.02. The summed E-state index contributed by atoms with van der Waals surface area (Å²) in [4.78, 5) is 12.5.